The number of para-hydroxylation sites is 2. The normalized spacial score (nSPS) is 14.7. The number of aromatic nitrogens is 2. The number of hydrogen-bond acceptors (Lipinski definition) is 5. The Morgan fingerprint density at radius 2 is 1.86 bits per heavy atom. The molecule has 7 nitrogen and oxygen atoms in total. The second-order valence-electron chi connectivity index (χ2n) is 8.17. The van der Waals surface area contributed by atoms with Crippen LogP contribution in [-0.4, -0.2) is 41.5 Å². The van der Waals surface area contributed by atoms with Gasteiger partial charge in [-0.25, -0.2) is 9.07 Å². The summed E-state index contributed by atoms with van der Waals surface area (Å²) >= 11 is 0. The number of ether oxygens (including phenoxy) is 2. The van der Waals surface area contributed by atoms with Crippen LogP contribution in [0.3, 0.4) is 0 Å². The van der Waals surface area contributed by atoms with E-state index in [-0.39, 0.29) is 18.3 Å². The average Bonchev–Trinajstić information content (AvgIpc) is 3.43. The molecule has 1 aliphatic rings. The predicted octanol–water partition coefficient (Wildman–Crippen LogP) is 3.97. The first-order chi connectivity index (χ1) is 17.2. The Labute approximate surface area is 202 Å². The summed E-state index contributed by atoms with van der Waals surface area (Å²) < 4.78 is 26.4. The van der Waals surface area contributed by atoms with Crippen molar-refractivity contribution in [2.45, 2.75) is 12.6 Å². The molecule has 1 atom stereocenters. The van der Waals surface area contributed by atoms with Gasteiger partial charge in [-0.05, 0) is 60.2 Å². The van der Waals surface area contributed by atoms with E-state index in [1.54, 1.807) is 18.3 Å². The van der Waals surface area contributed by atoms with Crippen molar-refractivity contribution in [3.8, 4) is 17.2 Å². The van der Waals surface area contributed by atoms with Gasteiger partial charge in [0.1, 0.15) is 23.9 Å². The van der Waals surface area contributed by atoms with Gasteiger partial charge >= 0.3 is 0 Å². The van der Waals surface area contributed by atoms with Gasteiger partial charge in [-0.3, -0.25) is 4.79 Å². The second-order valence-corrected chi connectivity index (χ2v) is 8.17. The molecule has 8 heteroatoms. The molecular weight excluding hydrogens is 447 g/mol. The molecule has 0 spiro atoms. The van der Waals surface area contributed by atoms with E-state index < -0.39 is 6.10 Å². The minimum atomic E-state index is -0.654. The van der Waals surface area contributed by atoms with Gasteiger partial charge in [0.2, 0.25) is 0 Å². The van der Waals surface area contributed by atoms with E-state index in [9.17, 15) is 9.18 Å². The van der Waals surface area contributed by atoms with Gasteiger partial charge in [0.15, 0.2) is 6.10 Å². The molecule has 5 rings (SSSR count). The Balaban J connectivity index is 1.21. The predicted molar refractivity (Wildman–Crippen MR) is 130 cm³/mol. The van der Waals surface area contributed by atoms with Gasteiger partial charge in [-0.1, -0.05) is 24.3 Å². The molecule has 3 aromatic carbocycles. The maximum absolute atomic E-state index is 13.0. The van der Waals surface area contributed by atoms with Gasteiger partial charge < -0.3 is 19.7 Å². The number of benzene rings is 3. The van der Waals surface area contributed by atoms with Crippen molar-refractivity contribution in [2.75, 3.05) is 24.6 Å². The highest BCUT2D eigenvalue weighted by atomic mass is 19.1. The van der Waals surface area contributed by atoms with Crippen molar-refractivity contribution in [1.29, 1.82) is 0 Å². The first-order valence-corrected chi connectivity index (χ1v) is 11.4. The van der Waals surface area contributed by atoms with E-state index in [1.807, 2.05) is 53.3 Å². The number of fused-ring (bicyclic) bond motifs is 1. The summed E-state index contributed by atoms with van der Waals surface area (Å²) in [6.45, 7) is 1.64. The molecule has 1 aromatic heterocycles. The molecule has 0 saturated heterocycles. The number of nitrogens with zero attached hydrogens (tertiary/aromatic N) is 3. The molecule has 1 N–H and O–H groups in total. The van der Waals surface area contributed by atoms with Crippen molar-refractivity contribution in [2.24, 2.45) is 0 Å². The van der Waals surface area contributed by atoms with Crippen molar-refractivity contribution in [3.63, 3.8) is 0 Å². The van der Waals surface area contributed by atoms with Crippen LogP contribution in [0.2, 0.25) is 0 Å². The molecule has 1 aliphatic heterocycles. The van der Waals surface area contributed by atoms with Gasteiger partial charge in [-0.2, -0.15) is 5.10 Å². The van der Waals surface area contributed by atoms with Gasteiger partial charge in [0.25, 0.3) is 5.91 Å². The zero-order valence-electron chi connectivity index (χ0n) is 19.0. The lowest BCUT2D eigenvalue weighted by Gasteiger charge is -2.35. The topological polar surface area (TPSA) is 68.6 Å². The first-order valence-electron chi connectivity index (χ1n) is 11.4. The zero-order chi connectivity index (χ0) is 24.0. The zero-order valence-corrected chi connectivity index (χ0v) is 19.0. The van der Waals surface area contributed by atoms with Crippen LogP contribution in [0.1, 0.15) is 5.56 Å². The quantitative estimate of drug-likeness (QED) is 0.393. The standard InChI is InChI=1S/C27H25FN4O3/c28-21-8-12-23(13-9-21)34-17-15-29-27(33)26-19-31(24-4-1-2-5-25(24)35-26)18-20-6-10-22(11-7-20)32-16-3-14-30-32/h1-14,16,26H,15,17-19H2,(H,29,33). The van der Waals surface area contributed by atoms with Crippen LogP contribution in [-0.2, 0) is 11.3 Å². The van der Waals surface area contributed by atoms with Crippen LogP contribution < -0.4 is 19.7 Å². The molecule has 0 radical (unpaired) electrons. The summed E-state index contributed by atoms with van der Waals surface area (Å²) in [5, 5.41) is 7.14. The number of anilines is 1. The Morgan fingerprint density at radius 3 is 2.63 bits per heavy atom. The maximum atomic E-state index is 13.0. The number of hydrogen-bond donors (Lipinski definition) is 1. The molecule has 4 aromatic rings. The van der Waals surface area contributed by atoms with Crippen LogP contribution in [0.15, 0.2) is 91.3 Å². The van der Waals surface area contributed by atoms with Crippen molar-refractivity contribution in [1.82, 2.24) is 15.1 Å². The molecule has 1 unspecified atom stereocenters. The SMILES string of the molecule is O=C(NCCOc1ccc(F)cc1)C1CN(Cc2ccc(-n3cccn3)cc2)c2ccccc2O1. The van der Waals surface area contributed by atoms with Crippen LogP contribution >= 0.6 is 0 Å². The largest absolute Gasteiger partial charge is 0.492 e. The molecule has 2 heterocycles. The van der Waals surface area contributed by atoms with Crippen molar-refractivity contribution in [3.05, 3.63) is 103 Å². The molecule has 1 amide bonds. The molecule has 178 valence electrons. The van der Waals surface area contributed by atoms with E-state index in [0.717, 1.165) is 16.9 Å². The van der Waals surface area contributed by atoms with Crippen molar-refractivity contribution >= 4 is 11.6 Å². The lowest BCUT2D eigenvalue weighted by atomic mass is 10.1. The number of rotatable bonds is 8. The fourth-order valence-electron chi connectivity index (χ4n) is 3.98. The summed E-state index contributed by atoms with van der Waals surface area (Å²) in [7, 11) is 0. The highest BCUT2D eigenvalue weighted by molar-refractivity contribution is 5.83. The third kappa shape index (κ3) is 5.43. The van der Waals surface area contributed by atoms with E-state index in [1.165, 1.54) is 12.1 Å². The molecule has 0 bridgehead atoms. The number of nitrogens with one attached hydrogen (secondary N) is 1. The third-order valence-electron chi connectivity index (χ3n) is 5.72. The Morgan fingerprint density at radius 1 is 1.06 bits per heavy atom. The second kappa shape index (κ2) is 10.3. The summed E-state index contributed by atoms with van der Waals surface area (Å²) in [6, 6.07) is 23.6. The highest BCUT2D eigenvalue weighted by Crippen LogP contribution is 2.34. The number of amides is 1. The maximum Gasteiger partial charge on any atom is 0.263 e. The van der Waals surface area contributed by atoms with Crippen LogP contribution in [0.25, 0.3) is 5.69 Å². The monoisotopic (exact) mass is 472 g/mol. The summed E-state index contributed by atoms with van der Waals surface area (Å²) in [5.74, 6) is 0.697. The number of halogens is 1. The van der Waals surface area contributed by atoms with Crippen molar-refractivity contribution < 1.29 is 18.7 Å². The van der Waals surface area contributed by atoms with E-state index in [0.29, 0.717) is 31.1 Å². The summed E-state index contributed by atoms with van der Waals surface area (Å²) in [6.07, 6.45) is 3.00. The van der Waals surface area contributed by atoms with Gasteiger partial charge in [0, 0.05) is 18.9 Å². The van der Waals surface area contributed by atoms with Gasteiger partial charge in [-0.15, -0.1) is 0 Å². The molecule has 0 saturated carbocycles. The highest BCUT2D eigenvalue weighted by Gasteiger charge is 2.30. The lowest BCUT2D eigenvalue weighted by Crippen LogP contribution is -2.49. The number of carbonyl (C=O) groups is 1. The van der Waals surface area contributed by atoms with Gasteiger partial charge in [0.05, 0.1) is 24.5 Å². The summed E-state index contributed by atoms with van der Waals surface area (Å²) in [5.41, 5.74) is 3.05. The van der Waals surface area contributed by atoms with Crippen LogP contribution in [0, 0.1) is 5.82 Å². The molecule has 0 fully saturated rings. The number of carbonyl (C=O) groups excluding carboxylic acids is 1. The molecular formula is C27H25FN4O3. The Bertz CT molecular complexity index is 1260. The first kappa shape index (κ1) is 22.5. The van der Waals surface area contributed by atoms with Crippen LogP contribution in [0.5, 0.6) is 11.5 Å². The molecule has 35 heavy (non-hydrogen) atoms. The lowest BCUT2D eigenvalue weighted by molar-refractivity contribution is -0.128. The minimum Gasteiger partial charge on any atom is -0.492 e. The minimum absolute atomic E-state index is 0.207. The molecule has 0 aliphatic carbocycles. The smallest absolute Gasteiger partial charge is 0.263 e. The van der Waals surface area contributed by atoms with E-state index in [4.69, 9.17) is 9.47 Å². The Kier molecular flexibility index (Phi) is 6.61. The fourth-order valence-corrected chi connectivity index (χ4v) is 3.98. The fraction of sp³-hybridized carbons (Fsp3) is 0.185. The average molecular weight is 473 g/mol. The van der Waals surface area contributed by atoms with Crippen LogP contribution in [0.4, 0.5) is 10.1 Å². The summed E-state index contributed by atoms with van der Waals surface area (Å²) in [4.78, 5) is 15.0. The Hall–Kier alpha value is -4.33. The third-order valence-corrected chi connectivity index (χ3v) is 5.72. The van der Waals surface area contributed by atoms with E-state index >= 15 is 0 Å². The van der Waals surface area contributed by atoms with E-state index in [2.05, 4.69) is 27.4 Å².